The minimum atomic E-state index is -0.301. The molecular formula is C17H17BrFN3O. The van der Waals surface area contributed by atoms with Crippen molar-refractivity contribution < 1.29 is 9.13 Å². The molecule has 3 rings (SSSR count). The molecule has 2 aromatic carbocycles. The van der Waals surface area contributed by atoms with Crippen LogP contribution in [0.25, 0.3) is 10.9 Å². The molecule has 0 amide bonds. The first-order chi connectivity index (χ1) is 10.9. The molecule has 0 saturated carbocycles. The average molecular weight is 378 g/mol. The van der Waals surface area contributed by atoms with Crippen molar-refractivity contribution >= 4 is 38.2 Å². The summed E-state index contributed by atoms with van der Waals surface area (Å²) in [7, 11) is 3.41. The molecule has 6 heteroatoms. The summed E-state index contributed by atoms with van der Waals surface area (Å²) in [5.74, 6) is 0.217. The van der Waals surface area contributed by atoms with E-state index in [1.54, 1.807) is 18.7 Å². The van der Waals surface area contributed by atoms with Crippen LogP contribution in [-0.4, -0.2) is 16.9 Å². The third kappa shape index (κ3) is 2.67. The molecule has 0 radical (unpaired) electrons. The Labute approximate surface area is 142 Å². The number of aromatic nitrogens is 2. The Morgan fingerprint density at radius 2 is 1.96 bits per heavy atom. The van der Waals surface area contributed by atoms with Crippen molar-refractivity contribution in [2.75, 3.05) is 12.4 Å². The fourth-order valence-corrected chi connectivity index (χ4v) is 3.14. The van der Waals surface area contributed by atoms with Crippen LogP contribution in [0.1, 0.15) is 11.1 Å². The first kappa shape index (κ1) is 15.8. The number of aryl methyl sites for hydroxylation is 1. The maximum Gasteiger partial charge on any atom is 0.131 e. The quantitative estimate of drug-likeness (QED) is 0.709. The van der Waals surface area contributed by atoms with Gasteiger partial charge in [-0.2, -0.15) is 5.10 Å². The summed E-state index contributed by atoms with van der Waals surface area (Å²) in [5.41, 5.74) is 3.85. The highest BCUT2D eigenvalue weighted by Crippen LogP contribution is 2.38. The first-order valence-electron chi connectivity index (χ1n) is 7.15. The molecule has 0 atom stereocenters. The van der Waals surface area contributed by atoms with Crippen molar-refractivity contribution in [1.82, 2.24) is 9.78 Å². The number of methoxy groups -OCH3 is 1. The number of nitrogens with one attached hydrogen (secondary N) is 1. The third-order valence-corrected chi connectivity index (χ3v) is 4.62. The molecule has 0 unspecified atom stereocenters. The lowest BCUT2D eigenvalue weighted by molar-refractivity contribution is 0.408. The van der Waals surface area contributed by atoms with Crippen molar-refractivity contribution in [3.05, 3.63) is 45.8 Å². The Morgan fingerprint density at radius 3 is 2.65 bits per heavy atom. The van der Waals surface area contributed by atoms with Gasteiger partial charge in [-0.05, 0) is 41.9 Å². The van der Waals surface area contributed by atoms with Crippen LogP contribution < -0.4 is 10.1 Å². The molecular weight excluding hydrogens is 361 g/mol. The number of halogens is 2. The van der Waals surface area contributed by atoms with Crippen LogP contribution in [0.15, 0.2) is 28.9 Å². The Balaban J connectivity index is 2.20. The van der Waals surface area contributed by atoms with Gasteiger partial charge in [-0.1, -0.05) is 0 Å². The second-order valence-electron chi connectivity index (χ2n) is 5.47. The summed E-state index contributed by atoms with van der Waals surface area (Å²) in [6, 6.07) is 5.28. The Kier molecular flexibility index (Phi) is 4.02. The smallest absolute Gasteiger partial charge is 0.131 e. The number of anilines is 2. The van der Waals surface area contributed by atoms with Crippen LogP contribution in [0.3, 0.4) is 0 Å². The van der Waals surface area contributed by atoms with E-state index in [-0.39, 0.29) is 5.82 Å². The SMILES string of the molecule is COc1cc(F)c(C)c(Nc2c(Br)ccc3nn(C)cc23)c1C. The molecule has 0 aliphatic rings. The van der Waals surface area contributed by atoms with E-state index in [0.29, 0.717) is 17.0 Å². The van der Waals surface area contributed by atoms with E-state index in [1.165, 1.54) is 6.07 Å². The van der Waals surface area contributed by atoms with Gasteiger partial charge < -0.3 is 10.1 Å². The van der Waals surface area contributed by atoms with Crippen LogP contribution in [0, 0.1) is 19.7 Å². The van der Waals surface area contributed by atoms with Gasteiger partial charge in [-0.3, -0.25) is 4.68 Å². The molecule has 120 valence electrons. The fourth-order valence-electron chi connectivity index (χ4n) is 2.69. The summed E-state index contributed by atoms with van der Waals surface area (Å²) in [4.78, 5) is 0. The van der Waals surface area contributed by atoms with Crippen LogP contribution in [0.5, 0.6) is 5.75 Å². The number of hydrogen-bond donors (Lipinski definition) is 1. The van der Waals surface area contributed by atoms with Crippen molar-refractivity contribution in [3.63, 3.8) is 0 Å². The van der Waals surface area contributed by atoms with Gasteiger partial charge in [0.05, 0.1) is 24.0 Å². The minimum Gasteiger partial charge on any atom is -0.496 e. The van der Waals surface area contributed by atoms with Gasteiger partial charge in [0.25, 0.3) is 0 Å². The summed E-state index contributed by atoms with van der Waals surface area (Å²) in [5, 5.41) is 8.73. The average Bonchev–Trinajstić information content (AvgIpc) is 2.90. The third-order valence-electron chi connectivity index (χ3n) is 3.96. The second-order valence-corrected chi connectivity index (χ2v) is 6.32. The van der Waals surface area contributed by atoms with Gasteiger partial charge >= 0.3 is 0 Å². The van der Waals surface area contributed by atoms with Gasteiger partial charge in [-0.25, -0.2) is 4.39 Å². The zero-order valence-electron chi connectivity index (χ0n) is 13.4. The molecule has 0 spiro atoms. The number of rotatable bonds is 3. The number of fused-ring (bicyclic) bond motifs is 1. The molecule has 0 aliphatic heterocycles. The van der Waals surface area contributed by atoms with Gasteiger partial charge in [-0.15, -0.1) is 0 Å². The summed E-state index contributed by atoms with van der Waals surface area (Å²) < 4.78 is 22.1. The molecule has 4 nitrogen and oxygen atoms in total. The standard InChI is InChI=1S/C17H17BrFN3O/c1-9-13(19)7-15(23-4)10(2)16(9)20-17-11-8-22(3)21-14(11)6-5-12(17)18/h5-8,20H,1-4H3. The molecule has 0 bridgehead atoms. The van der Waals surface area contributed by atoms with Gasteiger partial charge in [0, 0.05) is 40.3 Å². The first-order valence-corrected chi connectivity index (χ1v) is 7.94. The maximum atomic E-state index is 14.2. The molecule has 0 aliphatic carbocycles. The molecule has 1 heterocycles. The van der Waals surface area contributed by atoms with Crippen LogP contribution in [-0.2, 0) is 7.05 Å². The van der Waals surface area contributed by atoms with Crippen LogP contribution >= 0.6 is 15.9 Å². The van der Waals surface area contributed by atoms with E-state index in [4.69, 9.17) is 4.74 Å². The van der Waals surface area contributed by atoms with E-state index in [9.17, 15) is 4.39 Å². The van der Waals surface area contributed by atoms with Crippen LogP contribution in [0.2, 0.25) is 0 Å². The van der Waals surface area contributed by atoms with E-state index < -0.39 is 0 Å². The van der Waals surface area contributed by atoms with Crippen molar-refractivity contribution in [1.29, 1.82) is 0 Å². The molecule has 1 N–H and O–H groups in total. The Bertz CT molecular complexity index is 905. The highest BCUT2D eigenvalue weighted by Gasteiger charge is 2.16. The van der Waals surface area contributed by atoms with Crippen LogP contribution in [0.4, 0.5) is 15.8 Å². The van der Waals surface area contributed by atoms with E-state index >= 15 is 0 Å². The highest BCUT2D eigenvalue weighted by molar-refractivity contribution is 9.10. The molecule has 1 aromatic heterocycles. The van der Waals surface area contributed by atoms with Gasteiger partial charge in [0.1, 0.15) is 11.6 Å². The molecule has 3 aromatic rings. The zero-order valence-corrected chi connectivity index (χ0v) is 15.0. The van der Waals surface area contributed by atoms with E-state index in [2.05, 4.69) is 26.3 Å². The number of ether oxygens (including phenoxy) is 1. The summed E-state index contributed by atoms with van der Waals surface area (Å²) in [6.07, 6.45) is 1.93. The lowest BCUT2D eigenvalue weighted by atomic mass is 10.1. The number of nitrogens with zero attached hydrogens (tertiary/aromatic N) is 2. The van der Waals surface area contributed by atoms with E-state index in [0.717, 1.165) is 26.6 Å². The predicted molar refractivity (Wildman–Crippen MR) is 94.1 cm³/mol. The van der Waals surface area contributed by atoms with Crippen molar-refractivity contribution in [2.45, 2.75) is 13.8 Å². The summed E-state index contributed by atoms with van der Waals surface area (Å²) >= 11 is 3.56. The Hall–Kier alpha value is -2.08. The van der Waals surface area contributed by atoms with Crippen molar-refractivity contribution in [2.24, 2.45) is 7.05 Å². The minimum absolute atomic E-state index is 0.301. The summed E-state index contributed by atoms with van der Waals surface area (Å²) in [6.45, 7) is 3.66. The topological polar surface area (TPSA) is 39.1 Å². The normalized spacial score (nSPS) is 11.0. The zero-order chi connectivity index (χ0) is 16.7. The fraction of sp³-hybridized carbons (Fsp3) is 0.235. The highest BCUT2D eigenvalue weighted by atomic mass is 79.9. The predicted octanol–water partition coefficient (Wildman–Crippen LogP) is 4.84. The molecule has 0 fully saturated rings. The number of hydrogen-bond acceptors (Lipinski definition) is 3. The Morgan fingerprint density at radius 1 is 1.22 bits per heavy atom. The lowest BCUT2D eigenvalue weighted by Gasteiger charge is -2.17. The monoisotopic (exact) mass is 377 g/mol. The van der Waals surface area contributed by atoms with Gasteiger partial charge in [0.2, 0.25) is 0 Å². The van der Waals surface area contributed by atoms with E-state index in [1.807, 2.05) is 32.3 Å². The number of benzene rings is 2. The van der Waals surface area contributed by atoms with Gasteiger partial charge in [0.15, 0.2) is 0 Å². The maximum absolute atomic E-state index is 14.2. The second kappa shape index (κ2) is 5.85. The molecule has 0 saturated heterocycles. The lowest BCUT2D eigenvalue weighted by Crippen LogP contribution is -2.02. The largest absolute Gasteiger partial charge is 0.496 e. The van der Waals surface area contributed by atoms with Crippen molar-refractivity contribution in [3.8, 4) is 5.75 Å². The molecule has 23 heavy (non-hydrogen) atoms.